The Balaban J connectivity index is 3.18. The number of halogens is 4. The van der Waals surface area contributed by atoms with Crippen molar-refractivity contribution in [2.45, 2.75) is 49.6 Å². The molecule has 0 saturated carbocycles. The summed E-state index contributed by atoms with van der Waals surface area (Å²) >= 11 is 0. The zero-order chi connectivity index (χ0) is 16.3. The first kappa shape index (κ1) is 17.7. The molecule has 1 atom stereocenters. The average molecular weight is 327 g/mol. The number of benzene rings is 1. The summed E-state index contributed by atoms with van der Waals surface area (Å²) in [7, 11) is -5.60. The number of hydrogen-bond donors (Lipinski definition) is 1. The first-order valence-corrected chi connectivity index (χ1v) is 7.95. The summed E-state index contributed by atoms with van der Waals surface area (Å²) in [4.78, 5) is -1.08. The van der Waals surface area contributed by atoms with Gasteiger partial charge in [0.25, 0.3) is 9.84 Å². The number of hydrogen-bond acceptors (Lipinski definition) is 3. The van der Waals surface area contributed by atoms with Crippen LogP contribution in [0.4, 0.5) is 23.2 Å². The molecule has 1 aromatic carbocycles. The third-order valence-electron chi connectivity index (χ3n) is 2.93. The highest BCUT2D eigenvalue weighted by atomic mass is 32.2. The molecule has 0 saturated heterocycles. The van der Waals surface area contributed by atoms with Crippen molar-refractivity contribution in [2.24, 2.45) is 0 Å². The Morgan fingerprint density at radius 3 is 2.43 bits per heavy atom. The molecule has 0 amide bonds. The van der Waals surface area contributed by atoms with Crippen LogP contribution in [0.2, 0.25) is 0 Å². The topological polar surface area (TPSA) is 46.2 Å². The first-order chi connectivity index (χ1) is 9.59. The number of nitrogens with one attached hydrogen (secondary N) is 1. The van der Waals surface area contributed by atoms with Crippen LogP contribution in [-0.2, 0) is 9.84 Å². The Hall–Kier alpha value is -1.31. The fraction of sp³-hybridized carbons (Fsp3) is 0.538. The molecule has 0 aliphatic carbocycles. The van der Waals surface area contributed by atoms with Gasteiger partial charge in [0.1, 0.15) is 10.7 Å². The lowest BCUT2D eigenvalue weighted by Gasteiger charge is -2.18. The van der Waals surface area contributed by atoms with Crippen LogP contribution in [0.3, 0.4) is 0 Å². The number of unbranched alkanes of at least 4 members (excludes halogenated alkanes) is 1. The van der Waals surface area contributed by atoms with Crippen molar-refractivity contribution in [1.82, 2.24) is 0 Å². The standard InChI is InChI=1S/C13H17F4NO2S/c1-3-4-5-9(2)18-11-7-6-10(14)8-12(11)21(19,20)13(15,16)17/h6-9,18H,3-5H2,1-2H3. The third kappa shape index (κ3) is 4.33. The highest BCUT2D eigenvalue weighted by Gasteiger charge is 2.48. The van der Waals surface area contributed by atoms with Crippen LogP contribution in [0.5, 0.6) is 0 Å². The van der Waals surface area contributed by atoms with E-state index in [9.17, 15) is 26.0 Å². The number of alkyl halides is 3. The van der Waals surface area contributed by atoms with Crippen molar-refractivity contribution in [2.75, 3.05) is 5.32 Å². The molecule has 21 heavy (non-hydrogen) atoms. The second-order valence-electron chi connectivity index (χ2n) is 4.78. The molecule has 1 aromatic rings. The van der Waals surface area contributed by atoms with Crippen LogP contribution in [0.1, 0.15) is 33.1 Å². The van der Waals surface area contributed by atoms with Gasteiger partial charge < -0.3 is 5.32 Å². The quantitative estimate of drug-likeness (QED) is 0.800. The monoisotopic (exact) mass is 327 g/mol. The van der Waals surface area contributed by atoms with Crippen LogP contribution in [-0.4, -0.2) is 20.0 Å². The van der Waals surface area contributed by atoms with Crippen molar-refractivity contribution in [3.63, 3.8) is 0 Å². The van der Waals surface area contributed by atoms with Gasteiger partial charge in [-0.25, -0.2) is 12.8 Å². The predicted molar refractivity (Wildman–Crippen MR) is 72.3 cm³/mol. The molecule has 3 nitrogen and oxygen atoms in total. The minimum Gasteiger partial charge on any atom is -0.382 e. The fourth-order valence-corrected chi connectivity index (χ4v) is 2.74. The van der Waals surface area contributed by atoms with Gasteiger partial charge in [-0.2, -0.15) is 13.2 Å². The Kier molecular flexibility index (Phi) is 5.61. The Labute approximate surface area is 121 Å². The summed E-state index contributed by atoms with van der Waals surface area (Å²) in [5.74, 6) is -1.04. The maximum absolute atomic E-state index is 13.1. The van der Waals surface area contributed by atoms with E-state index in [0.29, 0.717) is 12.5 Å². The molecule has 0 aromatic heterocycles. The van der Waals surface area contributed by atoms with Gasteiger partial charge in [0.2, 0.25) is 0 Å². The smallest absolute Gasteiger partial charge is 0.382 e. The van der Waals surface area contributed by atoms with E-state index >= 15 is 0 Å². The van der Waals surface area contributed by atoms with Gasteiger partial charge >= 0.3 is 5.51 Å². The Morgan fingerprint density at radius 2 is 1.90 bits per heavy atom. The van der Waals surface area contributed by atoms with E-state index in [-0.39, 0.29) is 11.7 Å². The lowest BCUT2D eigenvalue weighted by molar-refractivity contribution is -0.0435. The third-order valence-corrected chi connectivity index (χ3v) is 4.46. The van der Waals surface area contributed by atoms with Gasteiger partial charge in [0.15, 0.2) is 0 Å². The van der Waals surface area contributed by atoms with E-state index in [1.165, 1.54) is 0 Å². The largest absolute Gasteiger partial charge is 0.501 e. The van der Waals surface area contributed by atoms with Crippen LogP contribution in [0.25, 0.3) is 0 Å². The lowest BCUT2D eigenvalue weighted by Crippen LogP contribution is -2.25. The lowest BCUT2D eigenvalue weighted by atomic mass is 10.1. The van der Waals surface area contributed by atoms with Crippen molar-refractivity contribution < 1.29 is 26.0 Å². The van der Waals surface area contributed by atoms with Crippen molar-refractivity contribution in [3.05, 3.63) is 24.0 Å². The second-order valence-corrected chi connectivity index (χ2v) is 6.69. The molecule has 0 spiro atoms. The molecule has 0 heterocycles. The SMILES string of the molecule is CCCCC(C)Nc1ccc(F)cc1S(=O)(=O)C(F)(F)F. The van der Waals surface area contributed by atoms with Gasteiger partial charge in [-0.15, -0.1) is 0 Å². The van der Waals surface area contributed by atoms with Crippen molar-refractivity contribution in [1.29, 1.82) is 0 Å². The van der Waals surface area contributed by atoms with Crippen LogP contribution >= 0.6 is 0 Å². The van der Waals surface area contributed by atoms with E-state index in [4.69, 9.17) is 0 Å². The molecular formula is C13H17F4NO2S. The minimum atomic E-state index is -5.60. The number of rotatable bonds is 6. The van der Waals surface area contributed by atoms with Gasteiger partial charge in [-0.05, 0) is 31.5 Å². The maximum atomic E-state index is 13.1. The first-order valence-electron chi connectivity index (χ1n) is 6.47. The summed E-state index contributed by atoms with van der Waals surface area (Å²) in [6.07, 6.45) is 2.42. The molecular weight excluding hydrogens is 310 g/mol. The molecule has 0 radical (unpaired) electrons. The zero-order valence-corrected chi connectivity index (χ0v) is 12.5. The zero-order valence-electron chi connectivity index (χ0n) is 11.7. The summed E-state index contributed by atoms with van der Waals surface area (Å²) in [6.45, 7) is 3.69. The molecule has 1 N–H and O–H groups in total. The Bertz CT molecular complexity index is 584. The summed E-state index contributed by atoms with van der Waals surface area (Å²) in [5.41, 5.74) is -5.71. The van der Waals surface area contributed by atoms with Gasteiger partial charge in [0.05, 0.1) is 5.69 Å². The molecule has 0 aliphatic rings. The molecule has 0 fully saturated rings. The molecule has 120 valence electrons. The van der Waals surface area contributed by atoms with Crippen LogP contribution in [0.15, 0.2) is 23.1 Å². The van der Waals surface area contributed by atoms with E-state index in [1.807, 2.05) is 6.92 Å². The number of anilines is 1. The van der Waals surface area contributed by atoms with Crippen LogP contribution < -0.4 is 5.32 Å². The average Bonchev–Trinajstić information content (AvgIpc) is 2.37. The fourth-order valence-electron chi connectivity index (χ4n) is 1.81. The molecule has 8 heteroatoms. The summed E-state index contributed by atoms with van der Waals surface area (Å²) < 4.78 is 74.0. The van der Waals surface area contributed by atoms with Crippen LogP contribution in [0, 0.1) is 5.82 Å². The Morgan fingerprint density at radius 1 is 1.29 bits per heavy atom. The molecule has 0 aliphatic heterocycles. The molecule has 1 rings (SSSR count). The molecule has 0 bridgehead atoms. The minimum absolute atomic E-state index is 0.224. The van der Waals surface area contributed by atoms with Gasteiger partial charge in [-0.1, -0.05) is 19.8 Å². The summed E-state index contributed by atoms with van der Waals surface area (Å²) in [6, 6.07) is 2.09. The van der Waals surface area contributed by atoms with Crippen molar-refractivity contribution >= 4 is 15.5 Å². The molecule has 1 unspecified atom stereocenters. The van der Waals surface area contributed by atoms with E-state index in [1.54, 1.807) is 6.92 Å². The van der Waals surface area contributed by atoms with E-state index in [0.717, 1.165) is 25.0 Å². The maximum Gasteiger partial charge on any atom is 0.501 e. The normalized spacial score (nSPS) is 14.0. The van der Waals surface area contributed by atoms with Gasteiger partial charge in [0, 0.05) is 6.04 Å². The van der Waals surface area contributed by atoms with E-state index in [2.05, 4.69) is 5.32 Å². The predicted octanol–water partition coefficient (Wildman–Crippen LogP) is 4.11. The second kappa shape index (κ2) is 6.64. The number of sulfone groups is 1. The highest BCUT2D eigenvalue weighted by molar-refractivity contribution is 7.92. The highest BCUT2D eigenvalue weighted by Crippen LogP contribution is 2.35. The van der Waals surface area contributed by atoms with E-state index < -0.39 is 26.1 Å². The van der Waals surface area contributed by atoms with Gasteiger partial charge in [-0.3, -0.25) is 0 Å². The van der Waals surface area contributed by atoms with Crippen molar-refractivity contribution in [3.8, 4) is 0 Å². The summed E-state index contributed by atoms with van der Waals surface area (Å²) in [5, 5.41) is 2.70.